The number of carbonyl (C=O) groups is 1. The van der Waals surface area contributed by atoms with Crippen molar-refractivity contribution >= 4 is 21.7 Å². The number of aromatic carboxylic acids is 1. The molecule has 1 aromatic rings. The molecule has 0 aliphatic heterocycles. The lowest BCUT2D eigenvalue weighted by Crippen LogP contribution is -2.57. The van der Waals surface area contributed by atoms with Crippen molar-refractivity contribution in [3.63, 3.8) is 0 Å². The van der Waals surface area contributed by atoms with E-state index in [1.54, 1.807) is 0 Å². The molecular formula is C13H20N2O5S. The third-order valence-electron chi connectivity index (χ3n) is 3.44. The molecule has 0 aliphatic carbocycles. The topological polar surface area (TPSA) is 130 Å². The smallest absolute Gasteiger partial charge is 0.337 e. The van der Waals surface area contributed by atoms with Crippen LogP contribution in [0.4, 0.5) is 5.69 Å². The highest BCUT2D eigenvalue weighted by Crippen LogP contribution is 2.25. The molecule has 0 amide bonds. The highest BCUT2D eigenvalue weighted by molar-refractivity contribution is 7.89. The molecule has 5 N–H and O–H groups in total. The van der Waals surface area contributed by atoms with Gasteiger partial charge in [-0.1, -0.05) is 0 Å². The summed E-state index contributed by atoms with van der Waals surface area (Å²) in [5, 5.41) is 19.1. The van der Waals surface area contributed by atoms with E-state index in [2.05, 4.69) is 4.72 Å². The number of sulfonamides is 1. The molecule has 0 heterocycles. The van der Waals surface area contributed by atoms with Gasteiger partial charge in [0.25, 0.3) is 0 Å². The molecule has 118 valence electrons. The fraction of sp³-hybridized carbons (Fsp3) is 0.462. The molecule has 0 atom stereocenters. The molecule has 1 aromatic carbocycles. The normalized spacial score (nSPS) is 13.2. The standard InChI is InChI=1S/C13H20N2O5S/c1-12(2,13(3,4)18)15-21(19,20)10-6-5-8(14)7-9(10)11(16)17/h5-7,15,18H,14H2,1-4H3,(H,16,17). The Balaban J connectivity index is 3.37. The van der Waals surface area contributed by atoms with Gasteiger partial charge < -0.3 is 15.9 Å². The summed E-state index contributed by atoms with van der Waals surface area (Å²) in [4.78, 5) is 10.8. The van der Waals surface area contributed by atoms with Crippen molar-refractivity contribution in [2.45, 2.75) is 43.7 Å². The molecule has 8 heteroatoms. The summed E-state index contributed by atoms with van der Waals surface area (Å²) in [6.45, 7) is 5.91. The van der Waals surface area contributed by atoms with Gasteiger partial charge in [-0.3, -0.25) is 0 Å². The van der Waals surface area contributed by atoms with E-state index >= 15 is 0 Å². The number of carboxylic acid groups (broad SMARTS) is 1. The van der Waals surface area contributed by atoms with E-state index in [0.29, 0.717) is 0 Å². The van der Waals surface area contributed by atoms with E-state index in [9.17, 15) is 18.3 Å². The zero-order chi connectivity index (χ0) is 16.6. The summed E-state index contributed by atoms with van der Waals surface area (Å²) < 4.78 is 27.1. The van der Waals surface area contributed by atoms with Crippen molar-refractivity contribution in [1.82, 2.24) is 4.72 Å². The number of nitrogens with one attached hydrogen (secondary N) is 1. The Morgan fingerprint density at radius 3 is 2.19 bits per heavy atom. The van der Waals surface area contributed by atoms with Crippen molar-refractivity contribution in [3.8, 4) is 0 Å². The van der Waals surface area contributed by atoms with Crippen LogP contribution in [-0.4, -0.2) is 35.7 Å². The molecule has 1 rings (SSSR count). The fourth-order valence-corrected chi connectivity index (χ4v) is 3.18. The molecule has 0 saturated heterocycles. The number of aliphatic hydroxyl groups is 1. The Bertz CT molecular complexity index is 660. The van der Waals surface area contributed by atoms with E-state index in [1.807, 2.05) is 0 Å². The number of hydrogen-bond acceptors (Lipinski definition) is 5. The number of hydrogen-bond donors (Lipinski definition) is 4. The first-order valence-electron chi connectivity index (χ1n) is 6.17. The maximum atomic E-state index is 12.4. The van der Waals surface area contributed by atoms with Crippen molar-refractivity contribution in [1.29, 1.82) is 0 Å². The van der Waals surface area contributed by atoms with E-state index in [4.69, 9.17) is 10.8 Å². The van der Waals surface area contributed by atoms with Gasteiger partial charge in [-0.15, -0.1) is 0 Å². The van der Waals surface area contributed by atoms with E-state index in [-0.39, 0.29) is 5.69 Å². The summed E-state index contributed by atoms with van der Waals surface area (Å²) in [5.41, 5.74) is 2.66. The van der Waals surface area contributed by atoms with Crippen LogP contribution in [-0.2, 0) is 10.0 Å². The second-order valence-electron chi connectivity index (χ2n) is 5.85. The number of nitrogen functional groups attached to an aromatic ring is 1. The van der Waals surface area contributed by atoms with Crippen LogP contribution in [0.2, 0.25) is 0 Å². The van der Waals surface area contributed by atoms with Crippen LogP contribution in [0.25, 0.3) is 0 Å². The number of rotatable bonds is 5. The predicted octanol–water partition coefficient (Wildman–Crippen LogP) is 0.795. The van der Waals surface area contributed by atoms with Gasteiger partial charge >= 0.3 is 5.97 Å². The van der Waals surface area contributed by atoms with Gasteiger partial charge in [-0.25, -0.2) is 17.9 Å². The second-order valence-corrected chi connectivity index (χ2v) is 7.50. The van der Waals surface area contributed by atoms with E-state index in [1.165, 1.54) is 33.8 Å². The molecule has 0 unspecified atom stereocenters. The lowest BCUT2D eigenvalue weighted by Gasteiger charge is -2.37. The van der Waals surface area contributed by atoms with Crippen LogP contribution in [0.3, 0.4) is 0 Å². The molecule has 0 aliphatic rings. The Morgan fingerprint density at radius 1 is 1.24 bits per heavy atom. The summed E-state index contributed by atoms with van der Waals surface area (Å²) in [5.74, 6) is -1.40. The zero-order valence-corrected chi connectivity index (χ0v) is 13.2. The monoisotopic (exact) mass is 316 g/mol. The Labute approximate surface area is 123 Å². The zero-order valence-electron chi connectivity index (χ0n) is 12.3. The van der Waals surface area contributed by atoms with E-state index < -0.39 is 37.6 Å². The highest BCUT2D eigenvalue weighted by Gasteiger charge is 2.39. The number of carboxylic acids is 1. The van der Waals surface area contributed by atoms with Crippen LogP contribution < -0.4 is 10.5 Å². The van der Waals surface area contributed by atoms with Crippen molar-refractivity contribution in [2.75, 3.05) is 5.73 Å². The molecule has 0 saturated carbocycles. The molecule has 7 nitrogen and oxygen atoms in total. The summed E-state index contributed by atoms with van der Waals surface area (Å²) >= 11 is 0. The minimum atomic E-state index is -4.14. The Morgan fingerprint density at radius 2 is 1.76 bits per heavy atom. The van der Waals surface area contributed by atoms with Gasteiger partial charge in [0.05, 0.1) is 21.6 Å². The number of nitrogens with two attached hydrogens (primary N) is 1. The van der Waals surface area contributed by atoms with Crippen molar-refractivity contribution < 1.29 is 23.4 Å². The molecule has 0 fully saturated rings. The van der Waals surface area contributed by atoms with Gasteiger partial charge in [0, 0.05) is 5.69 Å². The number of anilines is 1. The minimum absolute atomic E-state index is 0.146. The van der Waals surface area contributed by atoms with Gasteiger partial charge in [-0.2, -0.15) is 0 Å². The SMILES string of the molecule is CC(C)(O)C(C)(C)NS(=O)(=O)c1ccc(N)cc1C(=O)O. The summed E-state index contributed by atoms with van der Waals surface area (Å²) in [6.07, 6.45) is 0. The third kappa shape index (κ3) is 3.72. The molecule has 0 spiro atoms. The maximum absolute atomic E-state index is 12.4. The summed E-state index contributed by atoms with van der Waals surface area (Å²) in [6, 6.07) is 3.51. The van der Waals surface area contributed by atoms with Crippen LogP contribution in [0.15, 0.2) is 23.1 Å². The largest absolute Gasteiger partial charge is 0.478 e. The van der Waals surface area contributed by atoms with Gasteiger partial charge in [0.15, 0.2) is 0 Å². The lowest BCUT2D eigenvalue weighted by molar-refractivity contribution is 0.00638. The molecule has 0 aromatic heterocycles. The van der Waals surface area contributed by atoms with Gasteiger partial charge in [0.1, 0.15) is 0 Å². The minimum Gasteiger partial charge on any atom is -0.478 e. The molecule has 0 radical (unpaired) electrons. The van der Waals surface area contributed by atoms with Crippen LogP contribution in [0.1, 0.15) is 38.1 Å². The van der Waals surface area contributed by atoms with Gasteiger partial charge in [0.2, 0.25) is 10.0 Å². The van der Waals surface area contributed by atoms with Crippen LogP contribution in [0.5, 0.6) is 0 Å². The first kappa shape index (κ1) is 17.4. The quantitative estimate of drug-likeness (QED) is 0.594. The fourth-order valence-electron chi connectivity index (χ4n) is 1.46. The van der Waals surface area contributed by atoms with Gasteiger partial charge in [-0.05, 0) is 45.9 Å². The predicted molar refractivity (Wildman–Crippen MR) is 78.5 cm³/mol. The summed E-state index contributed by atoms with van der Waals surface area (Å²) in [7, 11) is -4.14. The second kappa shape index (κ2) is 5.28. The van der Waals surface area contributed by atoms with Crippen LogP contribution >= 0.6 is 0 Å². The van der Waals surface area contributed by atoms with Crippen molar-refractivity contribution in [3.05, 3.63) is 23.8 Å². The van der Waals surface area contributed by atoms with Crippen molar-refractivity contribution in [2.24, 2.45) is 0 Å². The first-order chi connectivity index (χ1) is 9.28. The number of benzene rings is 1. The Hall–Kier alpha value is -1.64. The third-order valence-corrected chi connectivity index (χ3v) is 5.16. The highest BCUT2D eigenvalue weighted by atomic mass is 32.2. The Kier molecular flexibility index (Phi) is 4.38. The van der Waals surface area contributed by atoms with E-state index in [0.717, 1.165) is 12.1 Å². The molecule has 21 heavy (non-hydrogen) atoms. The molecular weight excluding hydrogens is 296 g/mol. The average Bonchev–Trinajstić information content (AvgIpc) is 2.25. The molecule has 0 bridgehead atoms. The first-order valence-corrected chi connectivity index (χ1v) is 7.65. The lowest BCUT2D eigenvalue weighted by atomic mass is 9.87. The maximum Gasteiger partial charge on any atom is 0.337 e. The average molecular weight is 316 g/mol. The van der Waals surface area contributed by atoms with Crippen LogP contribution in [0, 0.1) is 0 Å².